The molecule has 0 aliphatic heterocycles. The first-order chi connectivity index (χ1) is 13.1. The molecule has 3 aromatic carbocycles. The van der Waals surface area contributed by atoms with Crippen LogP contribution in [-0.2, 0) is 0 Å². The smallest absolute Gasteiger partial charge is 0.138 e. The number of rotatable bonds is 1. The number of hydrogen-bond acceptors (Lipinski definition) is 5. The van der Waals surface area contributed by atoms with Crippen LogP contribution in [0.4, 0.5) is 5.69 Å². The van der Waals surface area contributed by atoms with Gasteiger partial charge < -0.3 is 4.90 Å². The van der Waals surface area contributed by atoms with Crippen LogP contribution in [-0.4, -0.2) is 14.1 Å². The van der Waals surface area contributed by atoms with Crippen LogP contribution in [0, 0.1) is 45.3 Å². The van der Waals surface area contributed by atoms with Crippen LogP contribution in [0.5, 0.6) is 0 Å². The van der Waals surface area contributed by atoms with Crippen molar-refractivity contribution in [2.75, 3.05) is 19.0 Å². The Labute approximate surface area is 156 Å². The molecule has 5 nitrogen and oxygen atoms in total. The Kier molecular flexibility index (Phi) is 4.47. The van der Waals surface area contributed by atoms with E-state index in [-0.39, 0.29) is 11.1 Å². The lowest BCUT2D eigenvalue weighted by atomic mass is 9.93. The Balaban J connectivity index is 2.89. The molecular formula is C22H13N5. The molecule has 0 unspecified atom stereocenters. The van der Waals surface area contributed by atoms with Gasteiger partial charge in [-0.05, 0) is 33.7 Å². The van der Waals surface area contributed by atoms with E-state index in [4.69, 9.17) is 0 Å². The minimum Gasteiger partial charge on any atom is -0.378 e. The van der Waals surface area contributed by atoms with Crippen molar-refractivity contribution in [2.45, 2.75) is 0 Å². The molecule has 0 saturated carbocycles. The highest BCUT2D eigenvalue weighted by molar-refractivity contribution is 6.06. The highest BCUT2D eigenvalue weighted by atomic mass is 15.1. The zero-order chi connectivity index (χ0) is 19.6. The van der Waals surface area contributed by atoms with Gasteiger partial charge >= 0.3 is 0 Å². The summed E-state index contributed by atoms with van der Waals surface area (Å²) in [5.74, 6) is 0. The van der Waals surface area contributed by atoms with Gasteiger partial charge in [0.25, 0.3) is 0 Å². The maximum absolute atomic E-state index is 9.52. The number of nitrogens with zero attached hydrogens (tertiary/aromatic N) is 5. The topological polar surface area (TPSA) is 98.4 Å². The zero-order valence-corrected chi connectivity index (χ0v) is 14.8. The molecule has 0 N–H and O–H groups in total. The number of nitriles is 4. The van der Waals surface area contributed by atoms with Gasteiger partial charge in [0.1, 0.15) is 35.4 Å². The molecule has 0 aliphatic rings. The van der Waals surface area contributed by atoms with Crippen molar-refractivity contribution < 1.29 is 0 Å². The maximum Gasteiger partial charge on any atom is 0.138 e. The molecule has 0 aliphatic carbocycles. The molecular weight excluding hydrogens is 334 g/mol. The Morgan fingerprint density at radius 3 is 1.56 bits per heavy atom. The van der Waals surface area contributed by atoms with Crippen LogP contribution >= 0.6 is 0 Å². The molecule has 0 spiro atoms. The van der Waals surface area contributed by atoms with Crippen LogP contribution in [0.25, 0.3) is 32.7 Å². The molecule has 0 saturated heterocycles. The second-order valence-corrected chi connectivity index (χ2v) is 6.12. The predicted octanol–water partition coefficient (Wildman–Crippen LogP) is 2.45. The minimum absolute atomic E-state index is 0.00387. The normalized spacial score (nSPS) is 9.70. The SMILES string of the molecule is CN(C)c1ccc2c(=C(C#N)C#N)c3ccccc3c(=C(C#N)C#N)c2c1. The molecule has 3 aromatic rings. The fraction of sp³-hybridized carbons (Fsp3) is 0.0909. The van der Waals surface area contributed by atoms with Gasteiger partial charge in [-0.15, -0.1) is 0 Å². The molecule has 0 fully saturated rings. The third-order valence-electron chi connectivity index (χ3n) is 4.47. The van der Waals surface area contributed by atoms with Gasteiger partial charge in [-0.1, -0.05) is 30.3 Å². The Morgan fingerprint density at radius 2 is 1.11 bits per heavy atom. The largest absolute Gasteiger partial charge is 0.378 e. The fourth-order valence-electron chi connectivity index (χ4n) is 3.26. The number of anilines is 1. The number of fused-ring (bicyclic) bond motifs is 2. The van der Waals surface area contributed by atoms with Gasteiger partial charge in [0.2, 0.25) is 0 Å². The highest BCUT2D eigenvalue weighted by Crippen LogP contribution is 2.21. The summed E-state index contributed by atoms with van der Waals surface area (Å²) in [5.41, 5.74) is 0.876. The van der Waals surface area contributed by atoms with Gasteiger partial charge in [-0.3, -0.25) is 0 Å². The van der Waals surface area contributed by atoms with Crippen molar-refractivity contribution in [3.8, 4) is 24.3 Å². The van der Waals surface area contributed by atoms with E-state index in [9.17, 15) is 21.0 Å². The van der Waals surface area contributed by atoms with Gasteiger partial charge in [-0.25, -0.2) is 0 Å². The molecule has 0 bridgehead atoms. The second kappa shape index (κ2) is 6.89. The van der Waals surface area contributed by atoms with E-state index in [1.165, 1.54) is 0 Å². The molecule has 126 valence electrons. The van der Waals surface area contributed by atoms with E-state index in [1.54, 1.807) is 18.2 Å². The van der Waals surface area contributed by atoms with Crippen LogP contribution < -0.4 is 15.3 Å². The van der Waals surface area contributed by atoms with Gasteiger partial charge in [-0.2, -0.15) is 21.0 Å². The quantitative estimate of drug-likeness (QED) is 0.630. The molecule has 0 radical (unpaired) electrons. The standard InChI is InChI=1S/C22H13N5/c1-27(2)16-7-8-19-20(9-16)22(15(12-25)13-26)18-6-4-3-5-17(18)21(19)14(10-23)11-24/h3-9H,1-2H3. The zero-order valence-electron chi connectivity index (χ0n) is 14.8. The first-order valence-corrected chi connectivity index (χ1v) is 8.08. The summed E-state index contributed by atoms with van der Waals surface area (Å²) >= 11 is 0. The summed E-state index contributed by atoms with van der Waals surface area (Å²) < 4.78 is 0. The van der Waals surface area contributed by atoms with Gasteiger partial charge in [0, 0.05) is 30.2 Å². The Bertz CT molecular complexity index is 1350. The van der Waals surface area contributed by atoms with E-state index in [2.05, 4.69) is 0 Å². The summed E-state index contributed by atoms with van der Waals surface area (Å²) in [5, 5.41) is 41.7. The first-order valence-electron chi connectivity index (χ1n) is 8.08. The van der Waals surface area contributed by atoms with E-state index in [0.717, 1.165) is 5.69 Å². The fourth-order valence-corrected chi connectivity index (χ4v) is 3.26. The number of benzene rings is 3. The van der Waals surface area contributed by atoms with Gasteiger partial charge in [0.05, 0.1) is 0 Å². The van der Waals surface area contributed by atoms with E-state index in [0.29, 0.717) is 32.0 Å². The molecule has 0 aromatic heterocycles. The van der Waals surface area contributed by atoms with E-state index >= 15 is 0 Å². The molecule has 0 heterocycles. The number of hydrogen-bond donors (Lipinski definition) is 0. The van der Waals surface area contributed by atoms with Crippen LogP contribution in [0.2, 0.25) is 0 Å². The Morgan fingerprint density at radius 1 is 0.667 bits per heavy atom. The van der Waals surface area contributed by atoms with Crippen molar-refractivity contribution in [3.05, 3.63) is 52.9 Å². The molecule has 3 rings (SSSR count). The van der Waals surface area contributed by atoms with Crippen LogP contribution in [0.3, 0.4) is 0 Å². The summed E-state index contributed by atoms with van der Waals surface area (Å²) in [6.07, 6.45) is 0. The molecule has 27 heavy (non-hydrogen) atoms. The van der Waals surface area contributed by atoms with Crippen molar-refractivity contribution in [3.63, 3.8) is 0 Å². The maximum atomic E-state index is 9.52. The van der Waals surface area contributed by atoms with Crippen molar-refractivity contribution in [2.24, 2.45) is 0 Å². The minimum atomic E-state index is -0.00544. The average Bonchev–Trinajstić information content (AvgIpc) is 2.70. The summed E-state index contributed by atoms with van der Waals surface area (Å²) in [6, 6.07) is 20.7. The van der Waals surface area contributed by atoms with Crippen molar-refractivity contribution >= 4 is 38.4 Å². The van der Waals surface area contributed by atoms with Crippen LogP contribution in [0.15, 0.2) is 42.5 Å². The lowest BCUT2D eigenvalue weighted by Gasteiger charge is -2.15. The average molecular weight is 347 g/mol. The summed E-state index contributed by atoms with van der Waals surface area (Å²) in [6.45, 7) is 0. The van der Waals surface area contributed by atoms with E-state index in [1.807, 2.05) is 67.5 Å². The Hall–Kier alpha value is -4.32. The van der Waals surface area contributed by atoms with Crippen molar-refractivity contribution in [1.29, 1.82) is 21.0 Å². The predicted molar refractivity (Wildman–Crippen MR) is 104 cm³/mol. The third kappa shape index (κ3) is 2.71. The molecule has 0 amide bonds. The van der Waals surface area contributed by atoms with Crippen LogP contribution in [0.1, 0.15) is 0 Å². The first kappa shape index (κ1) is 17.5. The summed E-state index contributed by atoms with van der Waals surface area (Å²) in [4.78, 5) is 1.91. The third-order valence-corrected chi connectivity index (χ3v) is 4.47. The molecule has 5 heteroatoms. The monoisotopic (exact) mass is 347 g/mol. The van der Waals surface area contributed by atoms with Crippen molar-refractivity contribution in [1.82, 2.24) is 0 Å². The highest BCUT2D eigenvalue weighted by Gasteiger charge is 2.13. The summed E-state index contributed by atoms with van der Waals surface area (Å²) in [7, 11) is 3.79. The molecule has 0 atom stereocenters. The lowest BCUT2D eigenvalue weighted by molar-refractivity contribution is 1.13. The van der Waals surface area contributed by atoms with E-state index < -0.39 is 0 Å². The second-order valence-electron chi connectivity index (χ2n) is 6.12. The van der Waals surface area contributed by atoms with Gasteiger partial charge in [0.15, 0.2) is 0 Å². The lowest BCUT2D eigenvalue weighted by Crippen LogP contribution is -2.19.